The van der Waals surface area contributed by atoms with E-state index in [1.165, 1.54) is 0 Å². The largest absolute Gasteiger partial charge is 0.405 e. The molecule has 10 heteroatoms. The number of benzene rings is 2. The molecule has 2 heterocycles. The zero-order valence-corrected chi connectivity index (χ0v) is 18.0. The van der Waals surface area contributed by atoms with Crippen molar-refractivity contribution in [3.63, 3.8) is 0 Å². The van der Waals surface area contributed by atoms with Crippen LogP contribution in [0.25, 0.3) is 28.0 Å². The standard InChI is InChI=1S/C24H23F3N6O/c25-24(26,27)14-31-23(34)32-19-3-1-2-18(10-19)21-13-30-22-11-17(8-9-33(21)22)15-4-6-16(7-5-15)20(29)12-28/h1-11,13,20H,12,14,28-29H2,(H2,31,32,34). The summed E-state index contributed by atoms with van der Waals surface area (Å²) >= 11 is 0. The van der Waals surface area contributed by atoms with E-state index >= 15 is 0 Å². The average molecular weight is 468 g/mol. The molecule has 2 aromatic heterocycles. The summed E-state index contributed by atoms with van der Waals surface area (Å²) in [4.78, 5) is 16.3. The fraction of sp³-hybridized carbons (Fsp3) is 0.167. The van der Waals surface area contributed by atoms with Crippen molar-refractivity contribution < 1.29 is 18.0 Å². The zero-order chi connectivity index (χ0) is 24.3. The Labute approximate surface area is 193 Å². The number of rotatable bonds is 6. The third kappa shape index (κ3) is 5.36. The van der Waals surface area contributed by atoms with E-state index < -0.39 is 18.8 Å². The molecule has 0 fully saturated rings. The molecule has 7 nitrogen and oxygen atoms in total. The summed E-state index contributed by atoms with van der Waals surface area (Å²) in [5.41, 5.74) is 17.2. The molecule has 0 radical (unpaired) electrons. The molecule has 0 spiro atoms. The summed E-state index contributed by atoms with van der Waals surface area (Å²) in [5, 5.41) is 4.20. The number of nitrogens with two attached hydrogens (primary N) is 2. The van der Waals surface area contributed by atoms with Gasteiger partial charge in [0.2, 0.25) is 0 Å². The lowest BCUT2D eigenvalue weighted by atomic mass is 10.0. The topological polar surface area (TPSA) is 110 Å². The second-order valence-corrected chi connectivity index (χ2v) is 7.75. The molecule has 1 atom stereocenters. The van der Waals surface area contributed by atoms with Crippen LogP contribution in [0.3, 0.4) is 0 Å². The number of alkyl halides is 3. The summed E-state index contributed by atoms with van der Waals surface area (Å²) in [6, 6.07) is 17.5. The van der Waals surface area contributed by atoms with Crippen LogP contribution < -0.4 is 22.1 Å². The Morgan fingerprint density at radius 2 is 1.79 bits per heavy atom. The number of amides is 2. The van der Waals surface area contributed by atoms with Gasteiger partial charge >= 0.3 is 12.2 Å². The van der Waals surface area contributed by atoms with Crippen molar-refractivity contribution in [1.29, 1.82) is 0 Å². The molecule has 0 bridgehead atoms. The van der Waals surface area contributed by atoms with Crippen molar-refractivity contribution in [2.24, 2.45) is 11.5 Å². The first-order valence-electron chi connectivity index (χ1n) is 10.5. The number of nitrogens with zero attached hydrogens (tertiary/aromatic N) is 2. The van der Waals surface area contributed by atoms with Gasteiger partial charge in [0.1, 0.15) is 12.2 Å². The highest BCUT2D eigenvalue weighted by molar-refractivity contribution is 5.90. The van der Waals surface area contributed by atoms with Gasteiger partial charge < -0.3 is 22.1 Å². The summed E-state index contributed by atoms with van der Waals surface area (Å²) in [6.07, 6.45) is -0.887. The van der Waals surface area contributed by atoms with E-state index in [0.717, 1.165) is 33.6 Å². The van der Waals surface area contributed by atoms with E-state index in [1.807, 2.05) is 53.1 Å². The molecule has 0 saturated carbocycles. The average Bonchev–Trinajstić information content (AvgIpc) is 3.25. The number of hydrogen-bond donors (Lipinski definition) is 4. The van der Waals surface area contributed by atoms with Gasteiger partial charge in [0, 0.05) is 30.0 Å². The van der Waals surface area contributed by atoms with Gasteiger partial charge in [-0.15, -0.1) is 0 Å². The molecule has 2 aromatic carbocycles. The van der Waals surface area contributed by atoms with Crippen LogP contribution in [0.1, 0.15) is 11.6 Å². The molecule has 6 N–H and O–H groups in total. The maximum atomic E-state index is 12.3. The Bertz CT molecular complexity index is 1300. The van der Waals surface area contributed by atoms with Crippen molar-refractivity contribution >= 4 is 17.4 Å². The van der Waals surface area contributed by atoms with E-state index in [0.29, 0.717) is 12.2 Å². The van der Waals surface area contributed by atoms with Crippen LogP contribution in [0.15, 0.2) is 73.1 Å². The van der Waals surface area contributed by atoms with E-state index in [1.54, 1.807) is 29.7 Å². The van der Waals surface area contributed by atoms with E-state index in [9.17, 15) is 18.0 Å². The third-order valence-corrected chi connectivity index (χ3v) is 5.30. The number of hydrogen-bond acceptors (Lipinski definition) is 4. The molecule has 176 valence electrons. The molecule has 34 heavy (non-hydrogen) atoms. The fourth-order valence-electron chi connectivity index (χ4n) is 3.54. The fourth-order valence-corrected chi connectivity index (χ4v) is 3.54. The monoisotopic (exact) mass is 468 g/mol. The zero-order valence-electron chi connectivity index (χ0n) is 18.0. The van der Waals surface area contributed by atoms with Gasteiger partial charge in [0.05, 0.1) is 11.9 Å². The van der Waals surface area contributed by atoms with Crippen LogP contribution in [0, 0.1) is 0 Å². The predicted molar refractivity (Wildman–Crippen MR) is 125 cm³/mol. The van der Waals surface area contributed by atoms with Crippen molar-refractivity contribution in [1.82, 2.24) is 14.7 Å². The van der Waals surface area contributed by atoms with Gasteiger partial charge in [0.25, 0.3) is 0 Å². The van der Waals surface area contributed by atoms with Crippen molar-refractivity contribution in [2.45, 2.75) is 12.2 Å². The number of carbonyl (C=O) groups excluding carboxylic acids is 1. The number of carbonyl (C=O) groups is 1. The van der Waals surface area contributed by atoms with E-state index in [4.69, 9.17) is 11.5 Å². The van der Waals surface area contributed by atoms with Crippen molar-refractivity contribution in [2.75, 3.05) is 18.4 Å². The lowest BCUT2D eigenvalue weighted by Crippen LogP contribution is -2.36. The first-order chi connectivity index (χ1) is 16.2. The highest BCUT2D eigenvalue weighted by Crippen LogP contribution is 2.27. The normalized spacial score (nSPS) is 12.5. The van der Waals surface area contributed by atoms with Crippen LogP contribution in [-0.2, 0) is 0 Å². The number of anilines is 1. The molecule has 0 aliphatic carbocycles. The maximum Gasteiger partial charge on any atom is 0.405 e. The second kappa shape index (κ2) is 9.54. The van der Waals surface area contributed by atoms with E-state index in [2.05, 4.69) is 10.3 Å². The van der Waals surface area contributed by atoms with Crippen molar-refractivity contribution in [3.8, 4) is 22.4 Å². The Morgan fingerprint density at radius 1 is 1.03 bits per heavy atom. The molecule has 0 aliphatic rings. The first-order valence-corrected chi connectivity index (χ1v) is 10.5. The van der Waals surface area contributed by atoms with Gasteiger partial charge in [-0.05, 0) is 41.0 Å². The predicted octanol–water partition coefficient (Wildman–Crippen LogP) is 4.31. The minimum absolute atomic E-state index is 0.202. The van der Waals surface area contributed by atoms with Crippen LogP contribution in [-0.4, -0.2) is 34.7 Å². The van der Waals surface area contributed by atoms with Crippen LogP contribution in [0.5, 0.6) is 0 Å². The minimum Gasteiger partial charge on any atom is -0.329 e. The lowest BCUT2D eigenvalue weighted by molar-refractivity contribution is -0.122. The quantitative estimate of drug-likeness (QED) is 0.338. The minimum atomic E-state index is -4.48. The molecular formula is C24H23F3N6O. The van der Waals surface area contributed by atoms with E-state index in [-0.39, 0.29) is 6.04 Å². The number of pyridine rings is 1. The third-order valence-electron chi connectivity index (χ3n) is 5.30. The van der Waals surface area contributed by atoms with Gasteiger partial charge in [0.15, 0.2) is 0 Å². The van der Waals surface area contributed by atoms with Crippen LogP contribution in [0.4, 0.5) is 23.7 Å². The molecule has 4 aromatic rings. The summed E-state index contributed by atoms with van der Waals surface area (Å²) in [6.45, 7) is -1.03. The summed E-state index contributed by atoms with van der Waals surface area (Å²) < 4.78 is 38.8. The molecule has 2 amide bonds. The Hall–Kier alpha value is -3.89. The smallest absolute Gasteiger partial charge is 0.329 e. The van der Waals surface area contributed by atoms with Gasteiger partial charge in [-0.3, -0.25) is 4.40 Å². The summed E-state index contributed by atoms with van der Waals surface area (Å²) in [5.74, 6) is 0. The Morgan fingerprint density at radius 3 is 2.50 bits per heavy atom. The Kier molecular flexibility index (Phi) is 6.53. The number of fused-ring (bicyclic) bond motifs is 1. The first kappa shape index (κ1) is 23.3. The number of nitrogens with one attached hydrogen (secondary N) is 2. The molecule has 0 aliphatic heterocycles. The highest BCUT2D eigenvalue weighted by Gasteiger charge is 2.27. The van der Waals surface area contributed by atoms with Crippen molar-refractivity contribution in [3.05, 3.63) is 78.6 Å². The van der Waals surface area contributed by atoms with Crippen LogP contribution >= 0.6 is 0 Å². The SMILES string of the molecule is NCC(N)c1ccc(-c2ccn3c(-c4cccc(NC(=O)NCC(F)(F)F)c4)cnc3c2)cc1. The van der Waals surface area contributed by atoms with Gasteiger partial charge in [-0.2, -0.15) is 13.2 Å². The van der Waals surface area contributed by atoms with Gasteiger partial charge in [-0.1, -0.05) is 36.4 Å². The number of imidazole rings is 1. The number of aromatic nitrogens is 2. The second-order valence-electron chi connectivity index (χ2n) is 7.75. The molecular weight excluding hydrogens is 445 g/mol. The lowest BCUT2D eigenvalue weighted by Gasteiger charge is -2.11. The van der Waals surface area contributed by atoms with Crippen LogP contribution in [0.2, 0.25) is 0 Å². The molecule has 1 unspecified atom stereocenters. The van der Waals surface area contributed by atoms with Gasteiger partial charge in [-0.25, -0.2) is 9.78 Å². The molecule has 0 saturated heterocycles. The highest BCUT2D eigenvalue weighted by atomic mass is 19.4. The molecule has 4 rings (SSSR count). The maximum absolute atomic E-state index is 12.3. The number of halogens is 3. The summed E-state index contributed by atoms with van der Waals surface area (Å²) in [7, 11) is 0. The Balaban J connectivity index is 1.54. The number of urea groups is 1.